The van der Waals surface area contributed by atoms with Crippen molar-refractivity contribution in [3.63, 3.8) is 0 Å². The van der Waals surface area contributed by atoms with Gasteiger partial charge in [0.25, 0.3) is 5.91 Å². The summed E-state index contributed by atoms with van der Waals surface area (Å²) in [6.45, 7) is 1.88. The fraction of sp³-hybridized carbons (Fsp3) is 0.100. The zero-order valence-electron chi connectivity index (χ0n) is 13.5. The second-order valence-electron chi connectivity index (χ2n) is 5.93. The van der Waals surface area contributed by atoms with Gasteiger partial charge < -0.3 is 5.32 Å². The molecule has 2 aromatic heterocycles. The average Bonchev–Trinajstić information content (AvgIpc) is 3.03. The van der Waals surface area contributed by atoms with E-state index in [-0.39, 0.29) is 17.8 Å². The third kappa shape index (κ3) is 3.10. The molecule has 5 heteroatoms. The Morgan fingerprint density at radius 2 is 1.84 bits per heavy atom. The maximum Gasteiger partial charge on any atom is 0.261 e. The van der Waals surface area contributed by atoms with E-state index in [2.05, 4.69) is 10.3 Å². The molecule has 2 aromatic carbocycles. The van der Waals surface area contributed by atoms with Gasteiger partial charge in [-0.1, -0.05) is 30.3 Å². The molecule has 0 unspecified atom stereocenters. The second-order valence-corrected chi connectivity index (χ2v) is 6.96. The van der Waals surface area contributed by atoms with Crippen LogP contribution in [-0.2, 0) is 0 Å². The number of nitrogens with zero attached hydrogens (tertiary/aromatic N) is 1. The van der Waals surface area contributed by atoms with Crippen LogP contribution in [0.5, 0.6) is 0 Å². The molecular weight excluding hydrogens is 335 g/mol. The molecule has 25 heavy (non-hydrogen) atoms. The quantitative estimate of drug-likeness (QED) is 0.560. The number of carbonyl (C=O) groups excluding carboxylic acids is 1. The van der Waals surface area contributed by atoms with Gasteiger partial charge in [-0.25, -0.2) is 9.37 Å². The van der Waals surface area contributed by atoms with Crippen molar-refractivity contribution >= 4 is 38.4 Å². The highest BCUT2D eigenvalue weighted by Crippen LogP contribution is 2.27. The number of hydrogen-bond donors (Lipinski definition) is 1. The number of nitrogens with one attached hydrogen (secondary N) is 1. The van der Waals surface area contributed by atoms with Crippen LogP contribution in [0, 0.1) is 5.82 Å². The third-order valence-electron chi connectivity index (χ3n) is 4.15. The number of amides is 1. The van der Waals surface area contributed by atoms with Crippen molar-refractivity contribution in [2.24, 2.45) is 0 Å². The van der Waals surface area contributed by atoms with Gasteiger partial charge in [0, 0.05) is 10.8 Å². The largest absolute Gasteiger partial charge is 0.345 e. The van der Waals surface area contributed by atoms with Crippen LogP contribution in [-0.4, -0.2) is 10.9 Å². The van der Waals surface area contributed by atoms with Crippen molar-refractivity contribution in [1.82, 2.24) is 10.3 Å². The number of thiophene rings is 1. The first-order chi connectivity index (χ1) is 12.1. The molecule has 124 valence electrons. The summed E-state index contributed by atoms with van der Waals surface area (Å²) < 4.78 is 13.0. The molecule has 0 bridgehead atoms. The van der Waals surface area contributed by atoms with E-state index in [0.717, 1.165) is 26.7 Å². The molecule has 1 amide bonds. The predicted octanol–water partition coefficient (Wildman–Crippen LogP) is 5.08. The van der Waals surface area contributed by atoms with Crippen LogP contribution in [0.15, 0.2) is 60.7 Å². The van der Waals surface area contributed by atoms with Gasteiger partial charge in [0.2, 0.25) is 0 Å². The number of pyridine rings is 1. The summed E-state index contributed by atoms with van der Waals surface area (Å²) in [6, 6.07) is 17.8. The molecule has 0 saturated heterocycles. The Balaban J connectivity index is 1.61. The summed E-state index contributed by atoms with van der Waals surface area (Å²) in [7, 11) is 0. The zero-order chi connectivity index (χ0) is 17.4. The maximum atomic E-state index is 13.0. The Morgan fingerprint density at radius 1 is 1.08 bits per heavy atom. The minimum Gasteiger partial charge on any atom is -0.345 e. The predicted molar refractivity (Wildman–Crippen MR) is 99.4 cm³/mol. The Morgan fingerprint density at radius 3 is 2.64 bits per heavy atom. The fourth-order valence-corrected chi connectivity index (χ4v) is 3.71. The number of carbonyl (C=O) groups is 1. The van der Waals surface area contributed by atoms with Crippen LogP contribution in [0.25, 0.3) is 21.1 Å². The summed E-state index contributed by atoms with van der Waals surface area (Å²) in [5, 5.41) is 4.97. The molecule has 0 fully saturated rings. The first-order valence-electron chi connectivity index (χ1n) is 7.96. The normalized spacial score (nSPS) is 12.4. The van der Waals surface area contributed by atoms with Crippen molar-refractivity contribution < 1.29 is 9.18 Å². The lowest BCUT2D eigenvalue weighted by molar-refractivity contribution is 0.0944. The Bertz CT molecular complexity index is 1020. The Labute approximate surface area is 148 Å². The number of aromatic nitrogens is 1. The van der Waals surface area contributed by atoms with Crippen molar-refractivity contribution in [3.05, 3.63) is 76.9 Å². The van der Waals surface area contributed by atoms with Gasteiger partial charge in [-0.05, 0) is 42.8 Å². The van der Waals surface area contributed by atoms with E-state index in [1.165, 1.54) is 23.5 Å². The molecule has 0 aliphatic rings. The molecule has 4 aromatic rings. The van der Waals surface area contributed by atoms with E-state index in [0.29, 0.717) is 4.88 Å². The smallest absolute Gasteiger partial charge is 0.261 e. The van der Waals surface area contributed by atoms with Gasteiger partial charge in [0.15, 0.2) is 0 Å². The maximum absolute atomic E-state index is 13.0. The Hall–Kier alpha value is -2.79. The highest BCUT2D eigenvalue weighted by atomic mass is 32.1. The molecular formula is C20H15FN2OS. The molecule has 1 atom stereocenters. The van der Waals surface area contributed by atoms with Gasteiger partial charge in [0.1, 0.15) is 10.6 Å². The molecule has 4 rings (SSSR count). The minimum absolute atomic E-state index is 0.149. The van der Waals surface area contributed by atoms with Crippen LogP contribution in [0.4, 0.5) is 4.39 Å². The molecule has 1 N–H and O–H groups in total. The molecule has 0 spiro atoms. The van der Waals surface area contributed by atoms with E-state index in [4.69, 9.17) is 0 Å². The fourth-order valence-electron chi connectivity index (χ4n) is 2.79. The number of rotatable bonds is 3. The van der Waals surface area contributed by atoms with E-state index < -0.39 is 0 Å². The summed E-state index contributed by atoms with van der Waals surface area (Å²) in [5.74, 6) is -0.436. The minimum atomic E-state index is -0.287. The number of benzene rings is 2. The summed E-state index contributed by atoms with van der Waals surface area (Å²) in [5.41, 5.74) is 1.78. The lowest BCUT2D eigenvalue weighted by atomic mass is 10.1. The molecule has 0 aliphatic heterocycles. The first-order valence-corrected chi connectivity index (χ1v) is 8.77. The average molecular weight is 350 g/mol. The Kier molecular flexibility index (Phi) is 3.93. The van der Waals surface area contributed by atoms with Gasteiger partial charge in [-0.3, -0.25) is 4.79 Å². The van der Waals surface area contributed by atoms with Crippen molar-refractivity contribution in [2.75, 3.05) is 0 Å². The highest BCUT2D eigenvalue weighted by molar-refractivity contribution is 7.20. The lowest BCUT2D eigenvalue weighted by Gasteiger charge is -2.13. The third-order valence-corrected chi connectivity index (χ3v) is 5.19. The van der Waals surface area contributed by atoms with Crippen molar-refractivity contribution in [1.29, 1.82) is 0 Å². The molecule has 0 aliphatic carbocycles. The summed E-state index contributed by atoms with van der Waals surface area (Å²) in [6.07, 6.45) is 0. The van der Waals surface area contributed by atoms with E-state index in [1.54, 1.807) is 12.1 Å². The summed E-state index contributed by atoms with van der Waals surface area (Å²) in [4.78, 5) is 18.6. The second kappa shape index (κ2) is 6.26. The topological polar surface area (TPSA) is 42.0 Å². The molecule has 3 nitrogen and oxygen atoms in total. The summed E-state index contributed by atoms with van der Waals surface area (Å²) >= 11 is 1.38. The van der Waals surface area contributed by atoms with Gasteiger partial charge in [-0.2, -0.15) is 0 Å². The van der Waals surface area contributed by atoms with Gasteiger partial charge >= 0.3 is 0 Å². The zero-order valence-corrected chi connectivity index (χ0v) is 14.3. The number of hydrogen-bond acceptors (Lipinski definition) is 3. The number of para-hydroxylation sites is 1. The van der Waals surface area contributed by atoms with Gasteiger partial charge in [-0.15, -0.1) is 11.3 Å². The van der Waals surface area contributed by atoms with Crippen molar-refractivity contribution in [3.8, 4) is 0 Å². The van der Waals surface area contributed by atoms with E-state index in [9.17, 15) is 9.18 Å². The van der Waals surface area contributed by atoms with E-state index >= 15 is 0 Å². The number of halogens is 1. The van der Waals surface area contributed by atoms with Crippen LogP contribution in [0.3, 0.4) is 0 Å². The number of fused-ring (bicyclic) bond motifs is 2. The molecule has 0 radical (unpaired) electrons. The SMILES string of the molecule is C[C@@H](NC(=O)c1cc2cc3ccccc3nc2s1)c1ccc(F)cc1. The standard InChI is InChI=1S/C20H15FN2OS/c1-12(13-6-8-16(21)9-7-13)22-19(24)18-11-15-10-14-4-2-3-5-17(14)23-20(15)25-18/h2-12H,1H3,(H,22,24)/t12-/m1/s1. The first kappa shape index (κ1) is 15.7. The molecule has 2 heterocycles. The molecule has 0 saturated carbocycles. The van der Waals surface area contributed by atoms with Gasteiger partial charge in [0.05, 0.1) is 16.4 Å². The van der Waals surface area contributed by atoms with E-state index in [1.807, 2.05) is 43.3 Å². The monoisotopic (exact) mass is 350 g/mol. The highest BCUT2D eigenvalue weighted by Gasteiger charge is 2.15. The van der Waals surface area contributed by atoms with Crippen LogP contribution < -0.4 is 5.32 Å². The van der Waals surface area contributed by atoms with Crippen molar-refractivity contribution in [2.45, 2.75) is 13.0 Å². The van der Waals surface area contributed by atoms with Crippen LogP contribution >= 0.6 is 11.3 Å². The lowest BCUT2D eigenvalue weighted by Crippen LogP contribution is -2.25. The van der Waals surface area contributed by atoms with Crippen LogP contribution in [0.1, 0.15) is 28.2 Å². The van der Waals surface area contributed by atoms with Crippen LogP contribution in [0.2, 0.25) is 0 Å².